The van der Waals surface area contributed by atoms with Crippen LogP contribution in [0.2, 0.25) is 0 Å². The lowest BCUT2D eigenvalue weighted by molar-refractivity contribution is -0.136. The molecule has 10 nitrogen and oxygen atoms in total. The van der Waals surface area contributed by atoms with E-state index in [1.807, 2.05) is 0 Å². The first-order chi connectivity index (χ1) is 16.3. The van der Waals surface area contributed by atoms with Crippen LogP contribution in [0.5, 0.6) is 0 Å². The summed E-state index contributed by atoms with van der Waals surface area (Å²) in [5.74, 6) is -1.05. The van der Waals surface area contributed by atoms with E-state index in [9.17, 15) is 22.8 Å². The van der Waals surface area contributed by atoms with E-state index in [4.69, 9.17) is 9.15 Å². The summed E-state index contributed by atoms with van der Waals surface area (Å²) in [6, 6.07) is 12.1. The fraction of sp³-hybridized carbons (Fsp3) is 0.227. The molecule has 1 N–H and O–H groups in total. The molecule has 4 rings (SSSR count). The molecule has 0 unspecified atom stereocenters. The van der Waals surface area contributed by atoms with Crippen molar-refractivity contribution >= 4 is 44.8 Å². The van der Waals surface area contributed by atoms with E-state index < -0.39 is 22.6 Å². The summed E-state index contributed by atoms with van der Waals surface area (Å²) < 4.78 is 37.4. The van der Waals surface area contributed by atoms with Gasteiger partial charge in [0.05, 0.1) is 11.8 Å². The second-order valence-electron chi connectivity index (χ2n) is 7.34. The number of nitrogens with one attached hydrogen (secondary N) is 1. The first-order valence-corrected chi connectivity index (χ1v) is 12.6. The molecule has 34 heavy (non-hydrogen) atoms. The molecule has 0 bridgehead atoms. The van der Waals surface area contributed by atoms with E-state index in [1.54, 1.807) is 28.5 Å². The number of hydrogen-bond acceptors (Lipinski definition) is 8. The predicted molar refractivity (Wildman–Crippen MR) is 123 cm³/mol. The maximum atomic E-state index is 12.4. The molecular weight excluding hydrogens is 482 g/mol. The highest BCUT2D eigenvalue weighted by Gasteiger charge is 2.26. The topological polar surface area (TPSA) is 126 Å². The third kappa shape index (κ3) is 5.46. The minimum absolute atomic E-state index is 0.181. The number of carbonyl (C=O) groups is 3. The summed E-state index contributed by atoms with van der Waals surface area (Å²) in [5, 5.41) is 1.66. The Labute approximate surface area is 199 Å². The first kappa shape index (κ1) is 23.5. The zero-order valence-electron chi connectivity index (χ0n) is 17.9. The van der Waals surface area contributed by atoms with Crippen LogP contribution in [0.1, 0.15) is 20.9 Å². The average molecular weight is 504 g/mol. The Hall–Kier alpha value is -3.64. The molecule has 1 aliphatic rings. The lowest BCUT2D eigenvalue weighted by Crippen LogP contribution is -2.51. The lowest BCUT2D eigenvalue weighted by Gasteiger charge is -2.34. The van der Waals surface area contributed by atoms with Crippen LogP contribution in [-0.4, -0.2) is 68.8 Å². The van der Waals surface area contributed by atoms with Crippen LogP contribution in [0.4, 0.5) is 5.69 Å². The van der Waals surface area contributed by atoms with Crippen LogP contribution in [0.25, 0.3) is 0 Å². The highest BCUT2D eigenvalue weighted by atomic mass is 32.2. The normalized spacial score (nSPS) is 14.0. The van der Waals surface area contributed by atoms with Gasteiger partial charge in [0.25, 0.3) is 21.8 Å². The summed E-state index contributed by atoms with van der Waals surface area (Å²) in [7, 11) is -3.69. The van der Waals surface area contributed by atoms with Gasteiger partial charge in [-0.2, -0.15) is 0 Å². The molecule has 0 aliphatic carbocycles. The maximum Gasteiger partial charge on any atom is 0.338 e. The van der Waals surface area contributed by atoms with E-state index >= 15 is 0 Å². The number of ether oxygens (including phenoxy) is 1. The van der Waals surface area contributed by atoms with Crippen molar-refractivity contribution in [2.45, 2.75) is 4.21 Å². The van der Waals surface area contributed by atoms with Crippen molar-refractivity contribution < 1.29 is 32.0 Å². The molecule has 2 aromatic heterocycles. The Morgan fingerprint density at radius 3 is 2.29 bits per heavy atom. The molecule has 12 heteroatoms. The fourth-order valence-electron chi connectivity index (χ4n) is 3.31. The minimum atomic E-state index is -3.69. The molecule has 0 radical (unpaired) electrons. The monoisotopic (exact) mass is 503 g/mol. The van der Waals surface area contributed by atoms with Crippen molar-refractivity contribution in [2.24, 2.45) is 0 Å². The third-order valence-corrected chi connectivity index (χ3v) is 7.89. The molecule has 1 fully saturated rings. The molecule has 0 atom stereocenters. The van der Waals surface area contributed by atoms with Crippen molar-refractivity contribution in [1.82, 2.24) is 9.80 Å². The molecule has 1 saturated heterocycles. The standard InChI is InChI=1S/C22H21N3O7S2/c26-19(24-9-11-25(12-10-24)21(27)18-3-1-13-31-18)15-32-22(28)16-5-7-17(8-6-16)23-34(29,30)20-4-2-14-33-20/h1-8,13-14,23H,9-12,15H2. The van der Waals surface area contributed by atoms with Gasteiger partial charge < -0.3 is 19.0 Å². The Kier molecular flexibility index (Phi) is 6.98. The molecule has 2 amide bonds. The Bertz CT molecular complexity index is 1250. The summed E-state index contributed by atoms with van der Waals surface area (Å²) in [6.45, 7) is 0.908. The van der Waals surface area contributed by atoms with Gasteiger partial charge in [-0.3, -0.25) is 14.3 Å². The van der Waals surface area contributed by atoms with Gasteiger partial charge in [0.1, 0.15) is 4.21 Å². The van der Waals surface area contributed by atoms with Crippen LogP contribution in [-0.2, 0) is 19.6 Å². The fourth-order valence-corrected chi connectivity index (χ4v) is 5.36. The quantitative estimate of drug-likeness (QED) is 0.490. The highest BCUT2D eigenvalue weighted by Crippen LogP contribution is 2.20. The molecule has 1 aromatic carbocycles. The summed E-state index contributed by atoms with van der Waals surface area (Å²) in [6.07, 6.45) is 1.43. The van der Waals surface area contributed by atoms with E-state index in [0.29, 0.717) is 31.9 Å². The van der Waals surface area contributed by atoms with E-state index in [1.165, 1.54) is 41.5 Å². The minimum Gasteiger partial charge on any atom is -0.459 e. The predicted octanol–water partition coefficient (Wildman–Crippen LogP) is 2.28. The molecule has 0 spiro atoms. The maximum absolute atomic E-state index is 12.4. The number of piperazine rings is 1. The number of hydrogen-bond donors (Lipinski definition) is 1. The number of thiophene rings is 1. The first-order valence-electron chi connectivity index (χ1n) is 10.3. The SMILES string of the molecule is O=C(OCC(=O)N1CCN(C(=O)c2ccco2)CC1)c1ccc(NS(=O)(=O)c2cccs2)cc1. The summed E-state index contributed by atoms with van der Waals surface area (Å²) in [5.41, 5.74) is 0.476. The number of furan rings is 1. The number of carbonyl (C=O) groups excluding carboxylic acids is 3. The number of benzene rings is 1. The number of amides is 2. The largest absolute Gasteiger partial charge is 0.459 e. The number of anilines is 1. The number of esters is 1. The van der Waals surface area contributed by atoms with Gasteiger partial charge in [-0.1, -0.05) is 6.07 Å². The molecule has 0 saturated carbocycles. The van der Waals surface area contributed by atoms with Crippen LogP contribution in [0.3, 0.4) is 0 Å². The van der Waals surface area contributed by atoms with Crippen molar-refractivity contribution in [3.05, 3.63) is 71.5 Å². The van der Waals surface area contributed by atoms with Gasteiger partial charge in [0.2, 0.25) is 0 Å². The molecular formula is C22H21N3O7S2. The second kappa shape index (κ2) is 10.1. The Morgan fingerprint density at radius 2 is 1.68 bits per heavy atom. The average Bonchev–Trinajstić information content (AvgIpc) is 3.57. The van der Waals surface area contributed by atoms with Crippen molar-refractivity contribution in [3.63, 3.8) is 0 Å². The number of sulfonamides is 1. The lowest BCUT2D eigenvalue weighted by atomic mass is 10.2. The van der Waals surface area contributed by atoms with E-state index in [2.05, 4.69) is 4.72 Å². The smallest absolute Gasteiger partial charge is 0.338 e. The van der Waals surface area contributed by atoms with Gasteiger partial charge in [-0.25, -0.2) is 13.2 Å². The number of nitrogens with zero attached hydrogens (tertiary/aromatic N) is 2. The van der Waals surface area contributed by atoms with Crippen molar-refractivity contribution in [2.75, 3.05) is 37.5 Å². The third-order valence-electron chi connectivity index (χ3n) is 5.11. The zero-order chi connectivity index (χ0) is 24.1. The zero-order valence-corrected chi connectivity index (χ0v) is 19.5. The number of rotatable bonds is 7. The van der Waals surface area contributed by atoms with Gasteiger partial charge in [-0.15, -0.1) is 11.3 Å². The van der Waals surface area contributed by atoms with Gasteiger partial charge >= 0.3 is 5.97 Å². The summed E-state index contributed by atoms with van der Waals surface area (Å²) in [4.78, 5) is 40.1. The Balaban J connectivity index is 1.24. The van der Waals surface area contributed by atoms with Gasteiger partial charge in [-0.05, 0) is 47.8 Å². The van der Waals surface area contributed by atoms with Crippen molar-refractivity contribution in [1.29, 1.82) is 0 Å². The van der Waals surface area contributed by atoms with Crippen LogP contribution in [0.15, 0.2) is 68.8 Å². The van der Waals surface area contributed by atoms with E-state index in [-0.39, 0.29) is 27.3 Å². The van der Waals surface area contributed by atoms with Crippen LogP contribution in [0, 0.1) is 0 Å². The van der Waals surface area contributed by atoms with Crippen LogP contribution < -0.4 is 4.72 Å². The highest BCUT2D eigenvalue weighted by molar-refractivity contribution is 7.94. The van der Waals surface area contributed by atoms with E-state index in [0.717, 1.165) is 11.3 Å². The van der Waals surface area contributed by atoms with Gasteiger partial charge in [0.15, 0.2) is 12.4 Å². The molecule has 1 aliphatic heterocycles. The Morgan fingerprint density at radius 1 is 0.971 bits per heavy atom. The molecule has 178 valence electrons. The van der Waals surface area contributed by atoms with Crippen molar-refractivity contribution in [3.8, 4) is 0 Å². The molecule has 3 heterocycles. The second-order valence-corrected chi connectivity index (χ2v) is 10.2. The molecule has 3 aromatic rings. The summed E-state index contributed by atoms with van der Waals surface area (Å²) >= 11 is 1.09. The van der Waals surface area contributed by atoms with Gasteiger partial charge in [0, 0.05) is 31.9 Å². The van der Waals surface area contributed by atoms with Crippen LogP contribution >= 0.6 is 11.3 Å².